The number of carbonyl (C=O) groups excluding carboxylic acids is 1. The molecular formula is C15H16N2O2. The van der Waals surface area contributed by atoms with Crippen LogP contribution in [0.4, 0.5) is 5.82 Å². The fraction of sp³-hybridized carbons (Fsp3) is 0.200. The quantitative estimate of drug-likeness (QED) is 0.887. The SMILES string of the molecule is Cc1cc(C)nc(NC(=O)Cc2ccccc2O)c1. The molecule has 0 bridgehead atoms. The molecule has 98 valence electrons. The number of aryl methyl sites for hydroxylation is 2. The summed E-state index contributed by atoms with van der Waals surface area (Å²) in [6, 6.07) is 10.6. The number of rotatable bonds is 3. The van der Waals surface area contributed by atoms with Crippen molar-refractivity contribution in [1.29, 1.82) is 0 Å². The van der Waals surface area contributed by atoms with Crippen molar-refractivity contribution in [3.05, 3.63) is 53.2 Å². The van der Waals surface area contributed by atoms with Crippen LogP contribution in [0.1, 0.15) is 16.8 Å². The highest BCUT2D eigenvalue weighted by Gasteiger charge is 2.08. The van der Waals surface area contributed by atoms with Crippen LogP contribution in [0.2, 0.25) is 0 Å². The number of aromatic hydroxyl groups is 1. The van der Waals surface area contributed by atoms with Crippen molar-refractivity contribution in [2.24, 2.45) is 0 Å². The minimum absolute atomic E-state index is 0.126. The molecule has 0 unspecified atom stereocenters. The number of benzene rings is 1. The van der Waals surface area contributed by atoms with Crippen molar-refractivity contribution in [1.82, 2.24) is 4.98 Å². The molecule has 0 aliphatic rings. The van der Waals surface area contributed by atoms with Crippen LogP contribution in [0.15, 0.2) is 36.4 Å². The Bertz CT molecular complexity index is 589. The molecule has 0 aliphatic carbocycles. The molecule has 2 aromatic rings. The average Bonchev–Trinajstić information content (AvgIpc) is 2.30. The van der Waals surface area contributed by atoms with Crippen LogP contribution in [-0.2, 0) is 11.2 Å². The molecule has 1 aromatic heterocycles. The van der Waals surface area contributed by atoms with Crippen molar-refractivity contribution < 1.29 is 9.90 Å². The third-order valence-corrected chi connectivity index (χ3v) is 2.71. The third-order valence-electron chi connectivity index (χ3n) is 2.71. The van der Waals surface area contributed by atoms with Gasteiger partial charge in [0.15, 0.2) is 0 Å². The molecule has 0 fully saturated rings. The second-order valence-electron chi connectivity index (χ2n) is 4.52. The lowest BCUT2D eigenvalue weighted by Crippen LogP contribution is -2.15. The lowest BCUT2D eigenvalue weighted by Gasteiger charge is -2.07. The number of hydrogen-bond acceptors (Lipinski definition) is 3. The van der Waals surface area contributed by atoms with E-state index in [1.165, 1.54) is 0 Å². The summed E-state index contributed by atoms with van der Waals surface area (Å²) in [6.45, 7) is 3.83. The van der Waals surface area contributed by atoms with Crippen molar-refractivity contribution >= 4 is 11.7 Å². The van der Waals surface area contributed by atoms with Gasteiger partial charge in [0.05, 0.1) is 6.42 Å². The van der Waals surface area contributed by atoms with Crippen LogP contribution >= 0.6 is 0 Å². The van der Waals surface area contributed by atoms with Gasteiger partial charge < -0.3 is 10.4 Å². The highest BCUT2D eigenvalue weighted by molar-refractivity contribution is 5.91. The maximum Gasteiger partial charge on any atom is 0.230 e. The van der Waals surface area contributed by atoms with Crippen molar-refractivity contribution in [2.45, 2.75) is 20.3 Å². The van der Waals surface area contributed by atoms with Crippen molar-refractivity contribution in [2.75, 3.05) is 5.32 Å². The Kier molecular flexibility index (Phi) is 3.80. The Morgan fingerprint density at radius 2 is 2.00 bits per heavy atom. The molecule has 0 radical (unpaired) electrons. The van der Waals surface area contributed by atoms with Gasteiger partial charge in [-0.3, -0.25) is 4.79 Å². The number of pyridine rings is 1. The smallest absolute Gasteiger partial charge is 0.230 e. The summed E-state index contributed by atoms with van der Waals surface area (Å²) < 4.78 is 0. The van der Waals surface area contributed by atoms with Gasteiger partial charge in [0.25, 0.3) is 0 Å². The number of hydrogen-bond donors (Lipinski definition) is 2. The number of anilines is 1. The standard InChI is InChI=1S/C15H16N2O2/c1-10-7-11(2)16-14(8-10)17-15(19)9-12-5-3-4-6-13(12)18/h3-8,18H,9H2,1-2H3,(H,16,17,19). The van der Waals surface area contributed by atoms with Gasteiger partial charge in [-0.25, -0.2) is 4.98 Å². The van der Waals surface area contributed by atoms with E-state index in [0.717, 1.165) is 11.3 Å². The number of phenolic OH excluding ortho intramolecular Hbond substituents is 1. The summed E-state index contributed by atoms with van der Waals surface area (Å²) in [5, 5.41) is 12.4. The van der Waals surface area contributed by atoms with E-state index < -0.39 is 0 Å². The molecule has 1 aromatic carbocycles. The van der Waals surface area contributed by atoms with Crippen LogP contribution < -0.4 is 5.32 Å². The van der Waals surface area contributed by atoms with Gasteiger partial charge in [0.2, 0.25) is 5.91 Å². The maximum absolute atomic E-state index is 11.9. The number of nitrogens with one attached hydrogen (secondary N) is 1. The van der Waals surface area contributed by atoms with E-state index in [9.17, 15) is 9.90 Å². The van der Waals surface area contributed by atoms with E-state index in [0.29, 0.717) is 11.4 Å². The maximum atomic E-state index is 11.9. The molecule has 4 nitrogen and oxygen atoms in total. The first kappa shape index (κ1) is 13.1. The molecule has 4 heteroatoms. The van der Waals surface area contributed by atoms with Crippen LogP contribution in [0.5, 0.6) is 5.75 Å². The van der Waals surface area contributed by atoms with E-state index in [1.807, 2.05) is 26.0 Å². The molecule has 0 saturated carbocycles. The van der Waals surface area contributed by atoms with Crippen molar-refractivity contribution in [3.8, 4) is 5.75 Å². The van der Waals surface area contributed by atoms with Gasteiger partial charge in [-0.1, -0.05) is 18.2 Å². The first-order valence-electron chi connectivity index (χ1n) is 6.06. The van der Waals surface area contributed by atoms with Gasteiger partial charge in [-0.2, -0.15) is 0 Å². The Morgan fingerprint density at radius 1 is 1.26 bits per heavy atom. The zero-order chi connectivity index (χ0) is 13.8. The summed E-state index contributed by atoms with van der Waals surface area (Å²) >= 11 is 0. The summed E-state index contributed by atoms with van der Waals surface area (Å²) in [5.74, 6) is 0.475. The number of aromatic nitrogens is 1. The summed E-state index contributed by atoms with van der Waals surface area (Å²) in [6.07, 6.45) is 0.126. The summed E-state index contributed by atoms with van der Waals surface area (Å²) in [7, 11) is 0. The summed E-state index contributed by atoms with van der Waals surface area (Å²) in [5.41, 5.74) is 2.51. The molecule has 1 heterocycles. The lowest BCUT2D eigenvalue weighted by molar-refractivity contribution is -0.115. The normalized spacial score (nSPS) is 10.2. The zero-order valence-corrected chi connectivity index (χ0v) is 11.0. The van der Waals surface area contributed by atoms with Gasteiger partial charge in [-0.05, 0) is 37.6 Å². The molecule has 0 atom stereocenters. The Labute approximate surface area is 112 Å². The van der Waals surface area contributed by atoms with Crippen LogP contribution in [0.25, 0.3) is 0 Å². The fourth-order valence-electron chi connectivity index (χ4n) is 1.93. The van der Waals surface area contributed by atoms with Gasteiger partial charge in [-0.15, -0.1) is 0 Å². The van der Waals surface area contributed by atoms with Crippen LogP contribution in [0, 0.1) is 13.8 Å². The van der Waals surface area contributed by atoms with E-state index in [2.05, 4.69) is 10.3 Å². The van der Waals surface area contributed by atoms with Crippen LogP contribution in [-0.4, -0.2) is 16.0 Å². The molecule has 19 heavy (non-hydrogen) atoms. The molecule has 1 amide bonds. The van der Waals surface area contributed by atoms with Crippen LogP contribution in [0.3, 0.4) is 0 Å². The number of phenols is 1. The highest BCUT2D eigenvalue weighted by atomic mass is 16.3. The fourth-order valence-corrected chi connectivity index (χ4v) is 1.93. The second-order valence-corrected chi connectivity index (χ2v) is 4.52. The molecule has 2 N–H and O–H groups in total. The monoisotopic (exact) mass is 256 g/mol. The Hall–Kier alpha value is -2.36. The van der Waals surface area contributed by atoms with E-state index >= 15 is 0 Å². The molecule has 0 spiro atoms. The molecule has 0 aliphatic heterocycles. The number of carbonyl (C=O) groups is 1. The van der Waals surface area contributed by atoms with Gasteiger partial charge in [0, 0.05) is 11.3 Å². The van der Waals surface area contributed by atoms with E-state index in [4.69, 9.17) is 0 Å². The summed E-state index contributed by atoms with van der Waals surface area (Å²) in [4.78, 5) is 16.1. The zero-order valence-electron chi connectivity index (χ0n) is 11.0. The first-order chi connectivity index (χ1) is 9.04. The third kappa shape index (κ3) is 3.55. The minimum Gasteiger partial charge on any atom is -0.508 e. The minimum atomic E-state index is -0.195. The number of para-hydroxylation sites is 1. The lowest BCUT2D eigenvalue weighted by atomic mass is 10.1. The Balaban J connectivity index is 2.07. The Morgan fingerprint density at radius 3 is 2.68 bits per heavy atom. The molecular weight excluding hydrogens is 240 g/mol. The van der Waals surface area contributed by atoms with E-state index in [1.54, 1.807) is 24.3 Å². The van der Waals surface area contributed by atoms with E-state index in [-0.39, 0.29) is 18.1 Å². The molecule has 0 saturated heterocycles. The topological polar surface area (TPSA) is 62.2 Å². The molecule has 2 rings (SSSR count). The van der Waals surface area contributed by atoms with Gasteiger partial charge in [0.1, 0.15) is 11.6 Å². The first-order valence-corrected chi connectivity index (χ1v) is 6.06. The largest absolute Gasteiger partial charge is 0.508 e. The highest BCUT2D eigenvalue weighted by Crippen LogP contribution is 2.17. The van der Waals surface area contributed by atoms with Crippen molar-refractivity contribution in [3.63, 3.8) is 0 Å². The number of amides is 1. The number of nitrogens with zero attached hydrogens (tertiary/aromatic N) is 1. The van der Waals surface area contributed by atoms with Gasteiger partial charge >= 0.3 is 0 Å². The second kappa shape index (κ2) is 5.52. The average molecular weight is 256 g/mol. The predicted molar refractivity (Wildman–Crippen MR) is 74.2 cm³/mol. The predicted octanol–water partition coefficient (Wildman–Crippen LogP) is 2.59.